The Labute approximate surface area is 206 Å². The summed E-state index contributed by atoms with van der Waals surface area (Å²) in [5.41, 5.74) is 4.63. The van der Waals surface area contributed by atoms with Gasteiger partial charge in [0.15, 0.2) is 12.1 Å². The highest BCUT2D eigenvalue weighted by Crippen LogP contribution is 2.40. The Morgan fingerprint density at radius 2 is 1.97 bits per heavy atom. The summed E-state index contributed by atoms with van der Waals surface area (Å²) in [6.45, 7) is 3.38. The molecule has 184 valence electrons. The third-order valence-corrected chi connectivity index (χ3v) is 6.99. The Morgan fingerprint density at radius 1 is 1.14 bits per heavy atom. The molecule has 1 N–H and O–H groups in total. The standard InChI is InChI=1S/C28H32N2O5/c31-24-19-28(13-15-30(16-14-28)20-22-6-2-1-3-7-22)34-25-11-9-21(18-23(24)25)10-12-26(32)29-35-27-8-4-5-17-33-27/h1-3,6-7,9-12,18,27H,4-5,8,13-17,19-20H2,(H,29,32)/b12-10+. The van der Waals surface area contributed by atoms with Gasteiger partial charge in [-0.25, -0.2) is 10.3 Å². The van der Waals surface area contributed by atoms with Crippen LogP contribution in [0.5, 0.6) is 5.75 Å². The predicted molar refractivity (Wildman–Crippen MR) is 132 cm³/mol. The van der Waals surface area contributed by atoms with Crippen molar-refractivity contribution in [3.8, 4) is 5.75 Å². The van der Waals surface area contributed by atoms with Crippen LogP contribution in [0.1, 0.15) is 60.0 Å². The van der Waals surface area contributed by atoms with Crippen LogP contribution in [0.2, 0.25) is 0 Å². The molecule has 0 aromatic heterocycles. The van der Waals surface area contributed by atoms with Crippen LogP contribution in [0.15, 0.2) is 54.6 Å². The highest BCUT2D eigenvalue weighted by molar-refractivity contribution is 6.01. The van der Waals surface area contributed by atoms with Gasteiger partial charge in [-0.05, 0) is 42.2 Å². The summed E-state index contributed by atoms with van der Waals surface area (Å²) >= 11 is 0. The lowest BCUT2D eigenvalue weighted by molar-refractivity contribution is -0.198. The van der Waals surface area contributed by atoms with Gasteiger partial charge in [-0.1, -0.05) is 36.4 Å². The molecule has 2 fully saturated rings. The molecule has 3 heterocycles. The Kier molecular flexibility index (Phi) is 7.27. The number of nitrogens with zero attached hydrogens (tertiary/aromatic N) is 1. The second kappa shape index (κ2) is 10.7. The molecule has 2 aromatic carbocycles. The van der Waals surface area contributed by atoms with Gasteiger partial charge in [0.25, 0.3) is 5.91 Å². The van der Waals surface area contributed by atoms with E-state index in [0.717, 1.165) is 57.3 Å². The third-order valence-electron chi connectivity index (χ3n) is 6.99. The van der Waals surface area contributed by atoms with Crippen LogP contribution in [0.25, 0.3) is 6.08 Å². The number of amides is 1. The van der Waals surface area contributed by atoms with Crippen LogP contribution in [0.4, 0.5) is 0 Å². The van der Waals surface area contributed by atoms with Gasteiger partial charge in [0.1, 0.15) is 11.4 Å². The molecular weight excluding hydrogens is 444 g/mol. The number of hydrogen-bond donors (Lipinski definition) is 1. The molecule has 5 rings (SSSR count). The fourth-order valence-electron chi connectivity index (χ4n) is 4.99. The molecule has 0 bridgehead atoms. The molecule has 2 aromatic rings. The van der Waals surface area contributed by atoms with Crippen molar-refractivity contribution in [3.63, 3.8) is 0 Å². The van der Waals surface area contributed by atoms with E-state index in [1.54, 1.807) is 12.1 Å². The number of ether oxygens (including phenoxy) is 2. The van der Waals surface area contributed by atoms with Gasteiger partial charge in [0.2, 0.25) is 0 Å². The molecule has 0 radical (unpaired) electrons. The lowest BCUT2D eigenvalue weighted by Crippen LogP contribution is -2.50. The summed E-state index contributed by atoms with van der Waals surface area (Å²) in [4.78, 5) is 32.9. The first-order valence-corrected chi connectivity index (χ1v) is 12.5. The first-order valence-electron chi connectivity index (χ1n) is 12.5. The fraction of sp³-hybridized carbons (Fsp3) is 0.429. The van der Waals surface area contributed by atoms with Crippen LogP contribution in [-0.4, -0.2) is 48.2 Å². The van der Waals surface area contributed by atoms with Crippen LogP contribution in [-0.2, 0) is 20.9 Å². The number of hydroxylamine groups is 1. The zero-order valence-corrected chi connectivity index (χ0v) is 19.9. The predicted octanol–water partition coefficient (Wildman–Crippen LogP) is 4.27. The zero-order chi connectivity index (χ0) is 24.1. The zero-order valence-electron chi connectivity index (χ0n) is 19.9. The number of rotatable bonds is 6. The average Bonchev–Trinajstić information content (AvgIpc) is 2.89. The van der Waals surface area contributed by atoms with E-state index in [-0.39, 0.29) is 11.7 Å². The molecule has 1 atom stereocenters. The molecule has 3 aliphatic rings. The lowest BCUT2D eigenvalue weighted by Gasteiger charge is -2.44. The van der Waals surface area contributed by atoms with Gasteiger partial charge >= 0.3 is 0 Å². The minimum Gasteiger partial charge on any atom is -0.486 e. The molecule has 0 aliphatic carbocycles. The van der Waals surface area contributed by atoms with Gasteiger partial charge in [-0.2, -0.15) is 0 Å². The highest BCUT2D eigenvalue weighted by atomic mass is 16.8. The monoisotopic (exact) mass is 476 g/mol. The Bertz CT molecular complexity index is 1070. The van der Waals surface area contributed by atoms with Crippen molar-refractivity contribution in [2.75, 3.05) is 19.7 Å². The lowest BCUT2D eigenvalue weighted by atomic mass is 9.82. The summed E-state index contributed by atoms with van der Waals surface area (Å²) in [7, 11) is 0. The van der Waals surface area contributed by atoms with Crippen molar-refractivity contribution < 1.29 is 23.9 Å². The first-order chi connectivity index (χ1) is 17.1. The smallest absolute Gasteiger partial charge is 0.267 e. The van der Waals surface area contributed by atoms with Crippen LogP contribution in [0.3, 0.4) is 0 Å². The Morgan fingerprint density at radius 3 is 2.74 bits per heavy atom. The van der Waals surface area contributed by atoms with E-state index in [0.29, 0.717) is 24.3 Å². The number of ketones is 1. The molecule has 1 unspecified atom stereocenters. The molecule has 3 aliphatic heterocycles. The minimum absolute atomic E-state index is 0.0974. The summed E-state index contributed by atoms with van der Waals surface area (Å²) in [5.74, 6) is 0.359. The van der Waals surface area contributed by atoms with Gasteiger partial charge in [-0.3, -0.25) is 14.5 Å². The Balaban J connectivity index is 1.16. The van der Waals surface area contributed by atoms with Crippen LogP contribution >= 0.6 is 0 Å². The number of Topliss-reactive ketones (excluding diaryl/α,β-unsaturated/α-hetero) is 1. The number of hydrogen-bond acceptors (Lipinski definition) is 6. The van der Waals surface area contributed by atoms with Gasteiger partial charge in [-0.15, -0.1) is 0 Å². The van der Waals surface area contributed by atoms with E-state index in [1.165, 1.54) is 11.6 Å². The second-order valence-corrected chi connectivity index (χ2v) is 9.62. The Hall–Kier alpha value is -3.00. The quantitative estimate of drug-likeness (QED) is 0.496. The fourth-order valence-corrected chi connectivity index (χ4v) is 4.99. The summed E-state index contributed by atoms with van der Waals surface area (Å²) in [5, 5.41) is 0. The van der Waals surface area contributed by atoms with Crippen molar-refractivity contribution >= 4 is 17.8 Å². The van der Waals surface area contributed by atoms with Crippen LogP contribution < -0.4 is 10.2 Å². The largest absolute Gasteiger partial charge is 0.486 e. The van der Waals surface area contributed by atoms with Gasteiger partial charge in [0, 0.05) is 51.6 Å². The maximum absolute atomic E-state index is 13.1. The molecule has 7 nitrogen and oxygen atoms in total. The normalized spacial score (nSPS) is 22.1. The highest BCUT2D eigenvalue weighted by Gasteiger charge is 2.42. The number of carbonyl (C=O) groups is 2. The van der Waals surface area contributed by atoms with Gasteiger partial charge < -0.3 is 9.47 Å². The van der Waals surface area contributed by atoms with E-state index in [1.807, 2.05) is 18.2 Å². The average molecular weight is 477 g/mol. The number of fused-ring (bicyclic) bond motifs is 1. The van der Waals surface area contributed by atoms with Crippen molar-refractivity contribution in [2.45, 2.75) is 57.0 Å². The molecular formula is C28H32N2O5. The number of nitrogens with one attached hydrogen (secondary N) is 1. The topological polar surface area (TPSA) is 77.1 Å². The molecule has 1 spiro atoms. The molecule has 7 heteroatoms. The molecule has 35 heavy (non-hydrogen) atoms. The summed E-state index contributed by atoms with van der Waals surface area (Å²) in [6.07, 6.45) is 7.53. The van der Waals surface area contributed by atoms with E-state index < -0.39 is 11.9 Å². The molecule has 2 saturated heterocycles. The molecule has 1 amide bonds. The van der Waals surface area contributed by atoms with Crippen molar-refractivity contribution in [3.05, 3.63) is 71.3 Å². The van der Waals surface area contributed by atoms with Crippen molar-refractivity contribution in [1.29, 1.82) is 0 Å². The number of likely N-dealkylation sites (tertiary alicyclic amines) is 1. The van der Waals surface area contributed by atoms with E-state index in [4.69, 9.17) is 14.3 Å². The third kappa shape index (κ3) is 5.99. The number of carbonyl (C=O) groups excluding carboxylic acids is 2. The number of piperidine rings is 1. The number of benzene rings is 2. The van der Waals surface area contributed by atoms with E-state index in [2.05, 4.69) is 34.6 Å². The SMILES string of the molecule is O=C(/C=C/c1ccc2c(c1)C(=O)CC1(CCN(Cc3ccccc3)CC1)O2)NOC1CCCCO1. The summed E-state index contributed by atoms with van der Waals surface area (Å²) < 4.78 is 11.9. The van der Waals surface area contributed by atoms with Crippen LogP contribution in [0, 0.1) is 0 Å². The minimum atomic E-state index is -0.424. The van der Waals surface area contributed by atoms with Crippen molar-refractivity contribution in [2.24, 2.45) is 0 Å². The maximum atomic E-state index is 13.1. The van der Waals surface area contributed by atoms with E-state index in [9.17, 15) is 9.59 Å². The summed E-state index contributed by atoms with van der Waals surface area (Å²) in [6, 6.07) is 16.0. The first kappa shape index (κ1) is 23.7. The maximum Gasteiger partial charge on any atom is 0.267 e. The van der Waals surface area contributed by atoms with Crippen molar-refractivity contribution in [1.82, 2.24) is 10.4 Å². The van der Waals surface area contributed by atoms with E-state index >= 15 is 0 Å². The van der Waals surface area contributed by atoms with Gasteiger partial charge in [0.05, 0.1) is 12.0 Å². The molecule has 0 saturated carbocycles. The second-order valence-electron chi connectivity index (χ2n) is 9.62.